The lowest BCUT2D eigenvalue weighted by Crippen LogP contribution is -2.49. The van der Waals surface area contributed by atoms with Crippen LogP contribution in [0.4, 0.5) is 14.9 Å². The van der Waals surface area contributed by atoms with Crippen molar-refractivity contribution in [2.24, 2.45) is 5.92 Å². The lowest BCUT2D eigenvalue weighted by molar-refractivity contribution is 0.0523. The molecule has 1 saturated carbocycles. The van der Waals surface area contributed by atoms with E-state index in [0.29, 0.717) is 29.3 Å². The topological polar surface area (TPSA) is 114 Å². The summed E-state index contributed by atoms with van der Waals surface area (Å²) >= 11 is 0. The van der Waals surface area contributed by atoms with E-state index in [9.17, 15) is 13.8 Å². The second-order valence-electron chi connectivity index (χ2n) is 15.0. The lowest BCUT2D eigenvalue weighted by atomic mass is 9.79. The fourth-order valence-corrected chi connectivity index (χ4v) is 6.66. The molecular weight excluding hydrogens is 654 g/mol. The van der Waals surface area contributed by atoms with Crippen LogP contribution in [-0.2, 0) is 27.8 Å². The SMILES string of the molecule is Cc1cc(C(=O)Nc2cc(C(CCC3CC3)(NS(=O)C(C)(C)C)c3ccccc3)ccc2F)n(-c2cccc(CNC(=O)OC(C)(C)C)c2)n1. The molecule has 1 heterocycles. The van der Waals surface area contributed by atoms with E-state index in [-0.39, 0.29) is 17.9 Å². The van der Waals surface area contributed by atoms with E-state index in [2.05, 4.69) is 20.5 Å². The van der Waals surface area contributed by atoms with Gasteiger partial charge in [-0.15, -0.1) is 0 Å². The standard InChI is InChI=1S/C39H48FN5O4S/c1-26-22-34(45(43-26)31-15-11-12-28(23-31)25-41-36(47)49-37(2,3)4)35(46)42-33-24-30(18-19-32(33)40)39(21-20-27-16-17-27,29-13-9-8-10-14-29)44-50(48)38(5,6)7/h8-15,18-19,22-24,27,44H,16-17,20-21,25H2,1-7H3,(H,41,47)(H,42,46). The summed E-state index contributed by atoms with van der Waals surface area (Å²) in [4.78, 5) is 26.1. The highest BCUT2D eigenvalue weighted by Crippen LogP contribution is 2.42. The average molecular weight is 702 g/mol. The summed E-state index contributed by atoms with van der Waals surface area (Å²) in [7, 11) is -1.46. The number of aromatic nitrogens is 2. The van der Waals surface area contributed by atoms with Gasteiger partial charge in [0.25, 0.3) is 5.91 Å². The highest BCUT2D eigenvalue weighted by Gasteiger charge is 2.40. The van der Waals surface area contributed by atoms with Crippen molar-refractivity contribution >= 4 is 28.7 Å². The zero-order valence-electron chi connectivity index (χ0n) is 29.9. The maximum atomic E-state index is 15.6. The van der Waals surface area contributed by atoms with Crippen LogP contribution in [0.2, 0.25) is 0 Å². The Morgan fingerprint density at radius 3 is 2.32 bits per heavy atom. The third-order valence-corrected chi connectivity index (χ3v) is 10.1. The minimum absolute atomic E-state index is 0.00304. The fourth-order valence-electron chi connectivity index (χ4n) is 5.70. The molecule has 4 aromatic rings. The Morgan fingerprint density at radius 1 is 0.940 bits per heavy atom. The van der Waals surface area contributed by atoms with Crippen molar-refractivity contribution in [3.8, 4) is 5.69 Å². The number of hydrogen-bond donors (Lipinski definition) is 3. The second kappa shape index (κ2) is 14.9. The van der Waals surface area contributed by atoms with Crippen molar-refractivity contribution < 1.29 is 22.9 Å². The summed E-state index contributed by atoms with van der Waals surface area (Å²) in [6.07, 6.45) is 3.34. The summed E-state index contributed by atoms with van der Waals surface area (Å²) < 4.78 is 39.1. The van der Waals surface area contributed by atoms with E-state index < -0.39 is 44.7 Å². The van der Waals surface area contributed by atoms with Crippen LogP contribution in [0.15, 0.2) is 78.9 Å². The van der Waals surface area contributed by atoms with E-state index in [1.807, 2.05) is 69.3 Å². The molecule has 0 spiro atoms. The zero-order chi connectivity index (χ0) is 36.3. The normalized spacial score (nSPS) is 15.2. The van der Waals surface area contributed by atoms with Gasteiger partial charge in [-0.1, -0.05) is 61.4 Å². The molecule has 3 N–H and O–H groups in total. The number of benzene rings is 3. The number of aryl methyl sites for hydroxylation is 1. The zero-order valence-corrected chi connectivity index (χ0v) is 30.7. The second-order valence-corrected chi connectivity index (χ2v) is 17.0. The monoisotopic (exact) mass is 701 g/mol. The molecule has 266 valence electrons. The van der Waals surface area contributed by atoms with Gasteiger partial charge in [0.15, 0.2) is 0 Å². The number of alkyl carbamates (subject to hydrolysis) is 1. The number of carbonyl (C=O) groups is 2. The maximum Gasteiger partial charge on any atom is 0.407 e. The van der Waals surface area contributed by atoms with E-state index in [4.69, 9.17) is 4.74 Å². The number of rotatable bonds is 12. The third kappa shape index (κ3) is 9.25. The molecule has 11 heteroatoms. The molecule has 50 heavy (non-hydrogen) atoms. The van der Waals surface area contributed by atoms with Gasteiger partial charge in [0.05, 0.1) is 38.3 Å². The number of ether oxygens (including phenoxy) is 1. The number of nitrogens with zero attached hydrogens (tertiary/aromatic N) is 2. The Balaban J connectivity index is 1.46. The van der Waals surface area contributed by atoms with Crippen LogP contribution in [0.5, 0.6) is 0 Å². The molecule has 9 nitrogen and oxygen atoms in total. The minimum atomic E-state index is -1.46. The van der Waals surface area contributed by atoms with Gasteiger partial charge in [0, 0.05) is 6.54 Å². The van der Waals surface area contributed by atoms with Gasteiger partial charge >= 0.3 is 6.09 Å². The van der Waals surface area contributed by atoms with Gasteiger partial charge in [-0.2, -0.15) is 5.10 Å². The molecule has 5 rings (SSSR count). The Kier molecular flexibility index (Phi) is 11.0. The summed E-state index contributed by atoms with van der Waals surface area (Å²) in [6.45, 7) is 13.1. The molecule has 2 amide bonds. The van der Waals surface area contributed by atoms with Crippen molar-refractivity contribution in [1.29, 1.82) is 0 Å². The minimum Gasteiger partial charge on any atom is -0.444 e. The Morgan fingerprint density at radius 2 is 1.66 bits per heavy atom. The number of nitrogens with one attached hydrogen (secondary N) is 3. The molecular formula is C39H48FN5O4S. The van der Waals surface area contributed by atoms with Crippen LogP contribution in [0.1, 0.15) is 100 Å². The summed E-state index contributed by atoms with van der Waals surface area (Å²) in [6, 6.07) is 23.5. The van der Waals surface area contributed by atoms with Gasteiger partial charge < -0.3 is 15.4 Å². The molecule has 1 aromatic heterocycles. The fraction of sp³-hybridized carbons (Fsp3) is 0.410. The van der Waals surface area contributed by atoms with Crippen molar-refractivity contribution in [3.05, 3.63) is 113 Å². The molecule has 0 aliphatic heterocycles. The van der Waals surface area contributed by atoms with E-state index in [0.717, 1.165) is 30.4 Å². The van der Waals surface area contributed by atoms with Gasteiger partial charge in [0.1, 0.15) is 17.1 Å². The smallest absolute Gasteiger partial charge is 0.407 e. The summed E-state index contributed by atoms with van der Waals surface area (Å²) in [5, 5.41) is 10.1. The van der Waals surface area contributed by atoms with E-state index >= 15 is 4.39 Å². The highest BCUT2D eigenvalue weighted by atomic mass is 32.2. The van der Waals surface area contributed by atoms with Gasteiger partial charge in [-0.3, -0.25) is 4.79 Å². The van der Waals surface area contributed by atoms with Crippen molar-refractivity contribution in [1.82, 2.24) is 19.8 Å². The van der Waals surface area contributed by atoms with Crippen LogP contribution in [0.3, 0.4) is 0 Å². The van der Waals surface area contributed by atoms with Crippen molar-refractivity contribution in [2.75, 3.05) is 5.32 Å². The molecule has 1 aliphatic rings. The van der Waals surface area contributed by atoms with Crippen LogP contribution in [-0.4, -0.2) is 36.3 Å². The molecule has 1 fully saturated rings. The summed E-state index contributed by atoms with van der Waals surface area (Å²) in [5.41, 5.74) is 2.27. The van der Waals surface area contributed by atoms with Crippen molar-refractivity contribution in [3.63, 3.8) is 0 Å². The van der Waals surface area contributed by atoms with Gasteiger partial charge in [-0.05, 0) is 114 Å². The third-order valence-electron chi connectivity index (χ3n) is 8.48. The number of carbonyl (C=O) groups excluding carboxylic acids is 2. The maximum absolute atomic E-state index is 15.6. The molecule has 2 unspecified atom stereocenters. The first-order chi connectivity index (χ1) is 23.5. The largest absolute Gasteiger partial charge is 0.444 e. The van der Waals surface area contributed by atoms with Crippen LogP contribution < -0.4 is 15.4 Å². The number of anilines is 1. The first-order valence-corrected chi connectivity index (χ1v) is 18.2. The molecule has 2 atom stereocenters. The number of hydrogen-bond acceptors (Lipinski definition) is 5. The number of amides is 2. The average Bonchev–Trinajstić information content (AvgIpc) is 3.80. The molecule has 3 aromatic carbocycles. The van der Waals surface area contributed by atoms with E-state index in [1.165, 1.54) is 10.7 Å². The van der Waals surface area contributed by atoms with Crippen molar-refractivity contribution in [2.45, 2.75) is 96.6 Å². The number of halogens is 1. The Bertz CT molecular complexity index is 1860. The van der Waals surface area contributed by atoms with Crippen LogP contribution in [0.25, 0.3) is 5.69 Å². The van der Waals surface area contributed by atoms with E-state index in [1.54, 1.807) is 52.0 Å². The highest BCUT2D eigenvalue weighted by molar-refractivity contribution is 7.84. The van der Waals surface area contributed by atoms with Gasteiger partial charge in [-0.25, -0.2) is 22.8 Å². The summed E-state index contributed by atoms with van der Waals surface area (Å²) in [5.74, 6) is -0.549. The predicted molar refractivity (Wildman–Crippen MR) is 196 cm³/mol. The van der Waals surface area contributed by atoms with Gasteiger partial charge in [0.2, 0.25) is 0 Å². The lowest BCUT2D eigenvalue weighted by Gasteiger charge is -2.38. The molecule has 0 radical (unpaired) electrons. The molecule has 0 saturated heterocycles. The predicted octanol–water partition coefficient (Wildman–Crippen LogP) is 8.08. The Hall–Kier alpha value is -4.35. The molecule has 0 bridgehead atoms. The Labute approximate surface area is 297 Å². The quantitative estimate of drug-likeness (QED) is 0.138. The van der Waals surface area contributed by atoms with Crippen LogP contribution in [0, 0.1) is 18.7 Å². The molecule has 1 aliphatic carbocycles. The first-order valence-electron chi connectivity index (χ1n) is 17.0. The van der Waals surface area contributed by atoms with Crippen LogP contribution >= 0.6 is 0 Å². The first kappa shape index (κ1) is 36.9.